The summed E-state index contributed by atoms with van der Waals surface area (Å²) in [7, 11) is 0. The number of hydrogen-bond acceptors (Lipinski definition) is 3. The molecule has 0 saturated heterocycles. The molecule has 0 aliphatic rings. The molecule has 1 aromatic rings. The number of hydrogen-bond donors (Lipinski definition) is 2. The van der Waals surface area contributed by atoms with Gasteiger partial charge in [0.05, 0.1) is 6.54 Å². The highest BCUT2D eigenvalue weighted by Crippen LogP contribution is 2.22. The number of nitrogens with one attached hydrogen (secondary N) is 1. The van der Waals surface area contributed by atoms with Gasteiger partial charge in [0.2, 0.25) is 5.91 Å². The minimum absolute atomic E-state index is 0.229. The van der Waals surface area contributed by atoms with Crippen molar-refractivity contribution < 1.29 is 4.79 Å². The fourth-order valence-corrected chi connectivity index (χ4v) is 1.97. The molecule has 0 bridgehead atoms. The van der Waals surface area contributed by atoms with Crippen LogP contribution in [0.4, 0.5) is 5.69 Å². The van der Waals surface area contributed by atoms with E-state index in [4.69, 9.17) is 5.73 Å². The van der Waals surface area contributed by atoms with Crippen molar-refractivity contribution >= 4 is 11.6 Å². The van der Waals surface area contributed by atoms with Crippen LogP contribution in [0.25, 0.3) is 0 Å². The summed E-state index contributed by atoms with van der Waals surface area (Å²) < 4.78 is 0. The van der Waals surface area contributed by atoms with E-state index in [2.05, 4.69) is 39.1 Å². The van der Waals surface area contributed by atoms with Crippen molar-refractivity contribution in [1.29, 1.82) is 0 Å². The molecular formula is C15H25N3O. The van der Waals surface area contributed by atoms with E-state index in [0.717, 1.165) is 12.2 Å². The molecule has 0 radical (unpaired) electrons. The summed E-state index contributed by atoms with van der Waals surface area (Å²) in [5.74, 6) is -0.305. The van der Waals surface area contributed by atoms with E-state index in [1.165, 1.54) is 5.56 Å². The van der Waals surface area contributed by atoms with Crippen LogP contribution in [0.3, 0.4) is 0 Å². The molecule has 1 amide bonds. The highest BCUT2D eigenvalue weighted by Gasteiger charge is 2.16. The third kappa shape index (κ3) is 4.91. The third-order valence-corrected chi connectivity index (χ3v) is 2.95. The zero-order chi connectivity index (χ0) is 14.4. The van der Waals surface area contributed by atoms with E-state index in [9.17, 15) is 4.79 Å². The summed E-state index contributed by atoms with van der Waals surface area (Å²) in [6.45, 7) is 9.40. The highest BCUT2D eigenvalue weighted by molar-refractivity contribution is 5.80. The lowest BCUT2D eigenvalue weighted by Gasteiger charge is -2.30. The molecule has 1 rings (SSSR count). The zero-order valence-corrected chi connectivity index (χ0v) is 12.3. The maximum Gasteiger partial charge on any atom is 0.236 e. The molecule has 3 N–H and O–H groups in total. The molecule has 0 atom stereocenters. The Morgan fingerprint density at radius 1 is 1.26 bits per heavy atom. The SMILES string of the molecule is CC(C)NCc1ccccc1N(CC(N)=O)C(C)C. The number of amides is 1. The maximum atomic E-state index is 11.2. The Bertz CT molecular complexity index is 416. The van der Waals surface area contributed by atoms with E-state index in [-0.39, 0.29) is 18.5 Å². The van der Waals surface area contributed by atoms with Crippen LogP contribution < -0.4 is 16.0 Å². The smallest absolute Gasteiger partial charge is 0.236 e. The van der Waals surface area contributed by atoms with Crippen LogP contribution in [0.5, 0.6) is 0 Å². The number of nitrogens with two attached hydrogens (primary N) is 1. The molecule has 0 aliphatic carbocycles. The van der Waals surface area contributed by atoms with Gasteiger partial charge in [0.25, 0.3) is 0 Å². The van der Waals surface area contributed by atoms with Crippen LogP contribution in [0.15, 0.2) is 24.3 Å². The monoisotopic (exact) mass is 263 g/mol. The van der Waals surface area contributed by atoms with Crippen LogP contribution >= 0.6 is 0 Å². The van der Waals surface area contributed by atoms with Gasteiger partial charge in [0.15, 0.2) is 0 Å². The van der Waals surface area contributed by atoms with Crippen LogP contribution in [0, 0.1) is 0 Å². The first kappa shape index (κ1) is 15.5. The Balaban J connectivity index is 2.98. The Morgan fingerprint density at radius 3 is 2.42 bits per heavy atom. The van der Waals surface area contributed by atoms with Crippen LogP contribution in [-0.4, -0.2) is 24.5 Å². The lowest BCUT2D eigenvalue weighted by Crippen LogP contribution is -2.39. The van der Waals surface area contributed by atoms with E-state index < -0.39 is 0 Å². The number of benzene rings is 1. The van der Waals surface area contributed by atoms with E-state index in [1.54, 1.807) is 0 Å². The molecule has 0 aliphatic heterocycles. The number of anilines is 1. The largest absolute Gasteiger partial charge is 0.368 e. The average Bonchev–Trinajstić information content (AvgIpc) is 2.33. The van der Waals surface area contributed by atoms with Gasteiger partial charge in [-0.2, -0.15) is 0 Å². The number of carbonyl (C=O) groups is 1. The second-order valence-corrected chi connectivity index (χ2v) is 5.35. The fourth-order valence-electron chi connectivity index (χ4n) is 1.97. The van der Waals surface area contributed by atoms with Gasteiger partial charge in [-0.1, -0.05) is 32.0 Å². The Morgan fingerprint density at radius 2 is 1.89 bits per heavy atom. The minimum Gasteiger partial charge on any atom is -0.368 e. The summed E-state index contributed by atoms with van der Waals surface area (Å²) in [5, 5.41) is 3.41. The molecule has 0 saturated carbocycles. The van der Waals surface area contributed by atoms with Crippen molar-refractivity contribution in [2.45, 2.75) is 46.3 Å². The summed E-state index contributed by atoms with van der Waals surface area (Å²) in [6.07, 6.45) is 0. The topological polar surface area (TPSA) is 58.4 Å². The molecule has 4 nitrogen and oxygen atoms in total. The van der Waals surface area contributed by atoms with Crippen molar-refractivity contribution in [2.75, 3.05) is 11.4 Å². The average molecular weight is 263 g/mol. The van der Waals surface area contributed by atoms with E-state index in [1.807, 2.05) is 23.1 Å². The number of primary amides is 1. The quantitative estimate of drug-likeness (QED) is 0.789. The molecule has 4 heteroatoms. The summed E-state index contributed by atoms with van der Waals surface area (Å²) in [6, 6.07) is 8.79. The van der Waals surface area contributed by atoms with Crippen molar-refractivity contribution in [3.05, 3.63) is 29.8 Å². The number of nitrogens with zero attached hydrogens (tertiary/aromatic N) is 1. The molecule has 0 spiro atoms. The second kappa shape index (κ2) is 7.14. The van der Waals surface area contributed by atoms with Gasteiger partial charge in [0.1, 0.15) is 0 Å². The highest BCUT2D eigenvalue weighted by atomic mass is 16.1. The molecule has 0 unspecified atom stereocenters. The van der Waals surface area contributed by atoms with Gasteiger partial charge in [-0.05, 0) is 25.5 Å². The first-order valence-electron chi connectivity index (χ1n) is 6.78. The first-order chi connectivity index (χ1) is 8.91. The van der Waals surface area contributed by atoms with E-state index >= 15 is 0 Å². The third-order valence-electron chi connectivity index (χ3n) is 2.95. The standard InChI is InChI=1S/C15H25N3O/c1-11(2)17-9-13-7-5-6-8-14(13)18(12(3)4)10-15(16)19/h5-8,11-12,17H,9-10H2,1-4H3,(H2,16,19). The Labute approximate surface area is 116 Å². The Hall–Kier alpha value is -1.55. The van der Waals surface area contributed by atoms with Gasteiger partial charge < -0.3 is 16.0 Å². The molecule has 0 fully saturated rings. The van der Waals surface area contributed by atoms with Crippen LogP contribution in [0.1, 0.15) is 33.3 Å². The molecule has 19 heavy (non-hydrogen) atoms. The van der Waals surface area contributed by atoms with Gasteiger partial charge in [-0.3, -0.25) is 4.79 Å². The first-order valence-corrected chi connectivity index (χ1v) is 6.78. The molecular weight excluding hydrogens is 238 g/mol. The normalized spacial score (nSPS) is 11.1. The van der Waals surface area contributed by atoms with Gasteiger partial charge in [-0.15, -0.1) is 0 Å². The number of carbonyl (C=O) groups excluding carboxylic acids is 1. The van der Waals surface area contributed by atoms with Crippen LogP contribution in [0.2, 0.25) is 0 Å². The van der Waals surface area contributed by atoms with Crippen molar-refractivity contribution in [1.82, 2.24) is 5.32 Å². The van der Waals surface area contributed by atoms with Gasteiger partial charge in [-0.25, -0.2) is 0 Å². The summed E-state index contributed by atoms with van der Waals surface area (Å²) >= 11 is 0. The molecule has 0 aromatic heterocycles. The van der Waals surface area contributed by atoms with Crippen molar-refractivity contribution in [2.24, 2.45) is 5.73 Å². The van der Waals surface area contributed by atoms with Gasteiger partial charge in [0, 0.05) is 24.3 Å². The predicted molar refractivity (Wildman–Crippen MR) is 80.1 cm³/mol. The Kier molecular flexibility index (Phi) is 5.83. The van der Waals surface area contributed by atoms with E-state index in [0.29, 0.717) is 6.04 Å². The lowest BCUT2D eigenvalue weighted by atomic mass is 10.1. The predicted octanol–water partition coefficient (Wildman–Crippen LogP) is 1.88. The second-order valence-electron chi connectivity index (χ2n) is 5.35. The number of rotatable bonds is 7. The lowest BCUT2D eigenvalue weighted by molar-refractivity contribution is -0.116. The molecule has 0 heterocycles. The maximum absolute atomic E-state index is 11.2. The zero-order valence-electron chi connectivity index (χ0n) is 12.3. The fraction of sp³-hybridized carbons (Fsp3) is 0.533. The minimum atomic E-state index is -0.305. The van der Waals surface area contributed by atoms with Gasteiger partial charge >= 0.3 is 0 Å². The molecule has 106 valence electrons. The van der Waals surface area contributed by atoms with Crippen LogP contribution in [-0.2, 0) is 11.3 Å². The number of para-hydroxylation sites is 1. The molecule has 1 aromatic carbocycles. The summed E-state index contributed by atoms with van der Waals surface area (Å²) in [4.78, 5) is 13.3. The van der Waals surface area contributed by atoms with Crippen molar-refractivity contribution in [3.63, 3.8) is 0 Å². The summed E-state index contributed by atoms with van der Waals surface area (Å²) in [5.41, 5.74) is 7.60. The van der Waals surface area contributed by atoms with Crippen molar-refractivity contribution in [3.8, 4) is 0 Å².